The summed E-state index contributed by atoms with van der Waals surface area (Å²) in [7, 11) is 3.83. The first-order chi connectivity index (χ1) is 10.7. The fourth-order valence-electron chi connectivity index (χ4n) is 4.39. The lowest BCUT2D eigenvalue weighted by Gasteiger charge is -2.41. The van der Waals surface area contributed by atoms with Gasteiger partial charge >= 0.3 is 6.03 Å². The van der Waals surface area contributed by atoms with Gasteiger partial charge in [0, 0.05) is 19.7 Å². The highest BCUT2D eigenvalue weighted by Crippen LogP contribution is 2.34. The predicted molar refractivity (Wildman–Crippen MR) is 88.7 cm³/mol. The number of rotatable bonds is 6. The van der Waals surface area contributed by atoms with Crippen molar-refractivity contribution in [2.75, 3.05) is 27.2 Å². The molecule has 0 aromatic carbocycles. The molecular formula is C17H33N3O2. The van der Waals surface area contributed by atoms with Crippen LogP contribution in [0.15, 0.2) is 0 Å². The van der Waals surface area contributed by atoms with E-state index in [4.69, 9.17) is 10.5 Å². The molecule has 2 aliphatic rings. The lowest BCUT2D eigenvalue weighted by atomic mass is 9.77. The van der Waals surface area contributed by atoms with E-state index in [-0.39, 0.29) is 6.03 Å². The van der Waals surface area contributed by atoms with E-state index in [0.29, 0.717) is 18.1 Å². The third-order valence-electron chi connectivity index (χ3n) is 5.61. The largest absolute Gasteiger partial charge is 0.381 e. The van der Waals surface area contributed by atoms with Gasteiger partial charge in [-0.1, -0.05) is 0 Å². The number of urea groups is 1. The first kappa shape index (κ1) is 17.5. The van der Waals surface area contributed by atoms with Crippen LogP contribution in [0.4, 0.5) is 4.79 Å². The van der Waals surface area contributed by atoms with Crippen LogP contribution < -0.4 is 11.1 Å². The Balaban J connectivity index is 1.95. The van der Waals surface area contributed by atoms with E-state index in [1.54, 1.807) is 0 Å². The topological polar surface area (TPSA) is 67.6 Å². The number of methoxy groups -OCH3 is 1. The van der Waals surface area contributed by atoms with Crippen LogP contribution in [-0.4, -0.2) is 50.3 Å². The molecule has 1 saturated heterocycles. The average molecular weight is 311 g/mol. The highest BCUT2D eigenvalue weighted by Gasteiger charge is 2.33. The zero-order valence-corrected chi connectivity index (χ0v) is 14.2. The van der Waals surface area contributed by atoms with E-state index in [0.717, 1.165) is 31.8 Å². The SMILES string of the molecule is CNC[C@H](C[C@H]1CC[C@@H](OC)CC1)C1CCCCN1C(N)=O. The first-order valence-corrected chi connectivity index (χ1v) is 8.89. The van der Waals surface area contributed by atoms with Gasteiger partial charge in [0.1, 0.15) is 0 Å². The van der Waals surface area contributed by atoms with Crippen LogP contribution in [-0.2, 0) is 4.74 Å². The van der Waals surface area contributed by atoms with Crippen LogP contribution >= 0.6 is 0 Å². The summed E-state index contributed by atoms with van der Waals surface area (Å²) in [6, 6.07) is 0.0766. The molecule has 2 fully saturated rings. The summed E-state index contributed by atoms with van der Waals surface area (Å²) in [4.78, 5) is 13.7. The van der Waals surface area contributed by atoms with Gasteiger partial charge in [-0.25, -0.2) is 4.79 Å². The van der Waals surface area contributed by atoms with E-state index in [2.05, 4.69) is 5.32 Å². The van der Waals surface area contributed by atoms with Crippen molar-refractivity contribution in [1.29, 1.82) is 0 Å². The zero-order chi connectivity index (χ0) is 15.9. The molecule has 2 atom stereocenters. The Kier molecular flexibility index (Phi) is 6.96. The van der Waals surface area contributed by atoms with E-state index in [1.165, 1.54) is 38.5 Å². The van der Waals surface area contributed by atoms with Crippen molar-refractivity contribution in [2.45, 2.75) is 63.5 Å². The minimum Gasteiger partial charge on any atom is -0.381 e. The molecular weight excluding hydrogens is 278 g/mol. The van der Waals surface area contributed by atoms with Gasteiger partial charge < -0.3 is 20.7 Å². The number of likely N-dealkylation sites (tertiary alicyclic amines) is 1. The number of nitrogens with two attached hydrogens (primary N) is 1. The van der Waals surface area contributed by atoms with Crippen LogP contribution in [0.1, 0.15) is 51.4 Å². The predicted octanol–water partition coefficient (Wildman–Crippen LogP) is 2.35. The molecule has 1 unspecified atom stereocenters. The number of nitrogens with one attached hydrogen (secondary N) is 1. The molecule has 0 aromatic heterocycles. The van der Waals surface area contributed by atoms with E-state index < -0.39 is 0 Å². The third kappa shape index (κ3) is 4.59. The van der Waals surface area contributed by atoms with Gasteiger partial charge in [-0.05, 0) is 76.8 Å². The lowest BCUT2D eigenvalue weighted by Crippen LogP contribution is -2.52. The van der Waals surface area contributed by atoms with Crippen molar-refractivity contribution < 1.29 is 9.53 Å². The van der Waals surface area contributed by atoms with Crippen molar-refractivity contribution in [2.24, 2.45) is 17.6 Å². The molecule has 0 radical (unpaired) electrons. The number of carbonyl (C=O) groups is 1. The van der Waals surface area contributed by atoms with Crippen molar-refractivity contribution in [3.63, 3.8) is 0 Å². The number of piperidine rings is 1. The summed E-state index contributed by atoms with van der Waals surface area (Å²) < 4.78 is 5.48. The second-order valence-electron chi connectivity index (χ2n) is 7.03. The Labute approximate surface area is 134 Å². The van der Waals surface area contributed by atoms with Crippen LogP contribution in [0.3, 0.4) is 0 Å². The Bertz CT molecular complexity index is 343. The number of carbonyl (C=O) groups excluding carboxylic acids is 1. The zero-order valence-electron chi connectivity index (χ0n) is 14.2. The summed E-state index contributed by atoms with van der Waals surface area (Å²) >= 11 is 0. The molecule has 5 heteroatoms. The maximum absolute atomic E-state index is 11.8. The summed E-state index contributed by atoms with van der Waals surface area (Å²) in [5.74, 6) is 1.28. The number of hydrogen-bond donors (Lipinski definition) is 2. The fourth-order valence-corrected chi connectivity index (χ4v) is 4.39. The summed E-state index contributed by atoms with van der Waals surface area (Å²) in [5.41, 5.74) is 5.61. The average Bonchev–Trinajstić information content (AvgIpc) is 2.55. The van der Waals surface area contributed by atoms with Gasteiger partial charge in [0.2, 0.25) is 0 Å². The monoisotopic (exact) mass is 311 g/mol. The third-order valence-corrected chi connectivity index (χ3v) is 5.61. The van der Waals surface area contributed by atoms with Crippen molar-refractivity contribution in [3.05, 3.63) is 0 Å². The van der Waals surface area contributed by atoms with Crippen molar-refractivity contribution in [1.82, 2.24) is 10.2 Å². The molecule has 0 spiro atoms. The number of primary amides is 1. The summed E-state index contributed by atoms with van der Waals surface area (Å²) in [6.45, 7) is 1.80. The van der Waals surface area contributed by atoms with Gasteiger partial charge in [-0.2, -0.15) is 0 Å². The molecule has 128 valence electrons. The maximum Gasteiger partial charge on any atom is 0.315 e. The Morgan fingerprint density at radius 3 is 2.59 bits per heavy atom. The van der Waals surface area contributed by atoms with Gasteiger partial charge in [0.25, 0.3) is 0 Å². The van der Waals surface area contributed by atoms with Crippen LogP contribution in [0.2, 0.25) is 0 Å². The fraction of sp³-hybridized carbons (Fsp3) is 0.941. The summed E-state index contributed by atoms with van der Waals surface area (Å²) in [6.07, 6.45) is 9.92. The van der Waals surface area contributed by atoms with E-state index >= 15 is 0 Å². The molecule has 2 rings (SSSR count). The van der Waals surface area contributed by atoms with Crippen LogP contribution in [0.25, 0.3) is 0 Å². The van der Waals surface area contributed by atoms with Crippen molar-refractivity contribution >= 4 is 6.03 Å². The molecule has 1 aliphatic heterocycles. The molecule has 1 aliphatic carbocycles. The van der Waals surface area contributed by atoms with Crippen LogP contribution in [0, 0.1) is 11.8 Å². The second kappa shape index (κ2) is 8.73. The number of ether oxygens (including phenoxy) is 1. The Morgan fingerprint density at radius 1 is 1.27 bits per heavy atom. The minimum atomic E-state index is -0.242. The highest BCUT2D eigenvalue weighted by molar-refractivity contribution is 5.72. The van der Waals surface area contributed by atoms with Gasteiger partial charge in [0.15, 0.2) is 0 Å². The Hall–Kier alpha value is -0.810. The van der Waals surface area contributed by atoms with Gasteiger partial charge in [0.05, 0.1) is 6.10 Å². The quantitative estimate of drug-likeness (QED) is 0.791. The Morgan fingerprint density at radius 2 is 2.00 bits per heavy atom. The highest BCUT2D eigenvalue weighted by atomic mass is 16.5. The molecule has 2 amide bonds. The molecule has 1 heterocycles. The number of nitrogens with zero attached hydrogens (tertiary/aromatic N) is 1. The summed E-state index contributed by atoms with van der Waals surface area (Å²) in [5, 5.41) is 3.33. The van der Waals surface area contributed by atoms with E-state index in [9.17, 15) is 4.79 Å². The molecule has 0 bridgehead atoms. The molecule has 5 nitrogen and oxygen atoms in total. The number of hydrogen-bond acceptors (Lipinski definition) is 3. The minimum absolute atomic E-state index is 0.242. The first-order valence-electron chi connectivity index (χ1n) is 8.89. The normalized spacial score (nSPS) is 31.0. The maximum atomic E-state index is 11.8. The molecule has 0 aromatic rings. The smallest absolute Gasteiger partial charge is 0.315 e. The van der Waals surface area contributed by atoms with Crippen LogP contribution in [0.5, 0.6) is 0 Å². The molecule has 22 heavy (non-hydrogen) atoms. The molecule has 3 N–H and O–H groups in total. The lowest BCUT2D eigenvalue weighted by molar-refractivity contribution is 0.0468. The second-order valence-corrected chi connectivity index (χ2v) is 7.03. The van der Waals surface area contributed by atoms with Gasteiger partial charge in [-0.3, -0.25) is 0 Å². The molecule has 1 saturated carbocycles. The standard InChI is InChI=1S/C17H33N3O2/c1-19-12-14(11-13-6-8-15(22-2)9-7-13)16-5-3-4-10-20(16)17(18)21/h13-16,19H,3-12H2,1-2H3,(H2,18,21)/t13-,14-,15+,16?/m0/s1. The van der Waals surface area contributed by atoms with Gasteiger partial charge in [-0.15, -0.1) is 0 Å². The van der Waals surface area contributed by atoms with E-state index in [1.807, 2.05) is 19.1 Å². The van der Waals surface area contributed by atoms with Crippen molar-refractivity contribution in [3.8, 4) is 0 Å². The number of amides is 2.